The molecule has 2 N–H and O–H groups in total. The maximum absolute atomic E-state index is 13.3. The van der Waals surface area contributed by atoms with Crippen LogP contribution in [0.3, 0.4) is 0 Å². The van der Waals surface area contributed by atoms with Gasteiger partial charge in [-0.1, -0.05) is 0 Å². The van der Waals surface area contributed by atoms with Crippen molar-refractivity contribution in [3.05, 3.63) is 29.8 Å². The summed E-state index contributed by atoms with van der Waals surface area (Å²) >= 11 is 0.741. The van der Waals surface area contributed by atoms with Crippen molar-refractivity contribution in [2.75, 3.05) is 12.8 Å². The number of urea groups is 1. The number of halogens is 2. The second-order valence-electron chi connectivity index (χ2n) is 4.06. The maximum Gasteiger partial charge on any atom is 0.321 e. The summed E-state index contributed by atoms with van der Waals surface area (Å²) in [5, 5.41) is 4.11. The third-order valence-corrected chi connectivity index (χ3v) is 3.38. The van der Waals surface area contributed by atoms with Gasteiger partial charge in [0.15, 0.2) is 6.10 Å². The summed E-state index contributed by atoms with van der Waals surface area (Å²) in [6.07, 6.45) is -1.19. The fourth-order valence-electron chi connectivity index (χ4n) is 1.29. The van der Waals surface area contributed by atoms with Crippen molar-refractivity contribution in [1.82, 2.24) is 10.6 Å². The molecular formula is C13H14F2N2O4S. The minimum absolute atomic E-state index is 0.0422. The highest BCUT2D eigenvalue weighted by Crippen LogP contribution is 2.22. The number of thioether (sulfide) groups is 1. The molecule has 1 aromatic carbocycles. The van der Waals surface area contributed by atoms with Gasteiger partial charge in [0.2, 0.25) is 0 Å². The lowest BCUT2D eigenvalue weighted by Crippen LogP contribution is -2.43. The number of benzene rings is 1. The number of ether oxygens (including phenoxy) is 1. The number of hydrogen-bond acceptors (Lipinski definition) is 5. The van der Waals surface area contributed by atoms with E-state index in [0.717, 1.165) is 30.0 Å². The van der Waals surface area contributed by atoms with Crippen molar-refractivity contribution in [2.24, 2.45) is 0 Å². The zero-order valence-corrected chi connectivity index (χ0v) is 12.6. The normalized spacial score (nSPS) is 11.5. The Balaban J connectivity index is 2.47. The average molecular weight is 332 g/mol. The number of imide groups is 1. The van der Waals surface area contributed by atoms with Crippen molar-refractivity contribution in [2.45, 2.75) is 17.9 Å². The molecule has 1 aromatic rings. The minimum atomic E-state index is -1.19. The van der Waals surface area contributed by atoms with Crippen LogP contribution in [-0.4, -0.2) is 36.8 Å². The number of esters is 1. The van der Waals surface area contributed by atoms with Gasteiger partial charge < -0.3 is 10.1 Å². The molecule has 0 bridgehead atoms. The fourth-order valence-corrected chi connectivity index (χ4v) is 2.03. The molecule has 0 aliphatic carbocycles. The SMILES string of the molecule is CNC(=O)NC(=O)[C@@H](C)OC(=O)CSc1cc(F)ccc1F. The first-order valence-corrected chi connectivity index (χ1v) is 7.12. The van der Waals surface area contributed by atoms with Gasteiger partial charge in [-0.2, -0.15) is 0 Å². The number of carbonyl (C=O) groups excluding carboxylic acids is 3. The van der Waals surface area contributed by atoms with Crippen LogP contribution in [0, 0.1) is 11.6 Å². The summed E-state index contributed by atoms with van der Waals surface area (Å²) in [5.74, 6) is -3.19. The van der Waals surface area contributed by atoms with Crippen LogP contribution in [0.15, 0.2) is 23.1 Å². The van der Waals surface area contributed by atoms with E-state index in [1.54, 1.807) is 0 Å². The van der Waals surface area contributed by atoms with E-state index in [1.807, 2.05) is 5.32 Å². The van der Waals surface area contributed by atoms with Crippen molar-refractivity contribution in [1.29, 1.82) is 0 Å². The third kappa shape index (κ3) is 5.68. The number of carbonyl (C=O) groups is 3. The number of nitrogens with one attached hydrogen (secondary N) is 2. The van der Waals surface area contributed by atoms with E-state index in [9.17, 15) is 23.2 Å². The van der Waals surface area contributed by atoms with Crippen LogP contribution in [0.4, 0.5) is 13.6 Å². The third-order valence-electron chi connectivity index (χ3n) is 2.38. The molecule has 6 nitrogen and oxygen atoms in total. The largest absolute Gasteiger partial charge is 0.452 e. The van der Waals surface area contributed by atoms with Crippen LogP contribution < -0.4 is 10.6 Å². The molecule has 0 aromatic heterocycles. The van der Waals surface area contributed by atoms with E-state index < -0.39 is 35.6 Å². The fraction of sp³-hybridized carbons (Fsp3) is 0.308. The average Bonchev–Trinajstić information content (AvgIpc) is 2.47. The summed E-state index contributed by atoms with van der Waals surface area (Å²) in [7, 11) is 1.32. The maximum atomic E-state index is 13.3. The lowest BCUT2D eigenvalue weighted by molar-refractivity contribution is -0.151. The summed E-state index contributed by atoms with van der Waals surface area (Å²) in [5.41, 5.74) is 0. The highest BCUT2D eigenvalue weighted by atomic mass is 32.2. The van der Waals surface area contributed by atoms with Gasteiger partial charge >= 0.3 is 12.0 Å². The topological polar surface area (TPSA) is 84.5 Å². The highest BCUT2D eigenvalue weighted by Gasteiger charge is 2.19. The standard InChI is InChI=1S/C13H14F2N2O4S/c1-7(12(19)17-13(20)16-2)21-11(18)6-22-10-5-8(14)3-4-9(10)15/h3-5,7H,6H2,1-2H3,(H2,16,17,19,20)/t7-/m1/s1. The molecule has 120 valence electrons. The quantitative estimate of drug-likeness (QED) is 0.630. The summed E-state index contributed by atoms with van der Waals surface area (Å²) in [6.45, 7) is 1.28. The lowest BCUT2D eigenvalue weighted by atomic mass is 10.3. The Morgan fingerprint density at radius 3 is 2.64 bits per heavy atom. The van der Waals surface area contributed by atoms with Gasteiger partial charge in [-0.25, -0.2) is 13.6 Å². The molecule has 0 aliphatic heterocycles. The predicted molar refractivity (Wildman–Crippen MR) is 75.2 cm³/mol. The molecule has 1 rings (SSSR count). The first-order chi connectivity index (χ1) is 10.3. The Morgan fingerprint density at radius 2 is 2.00 bits per heavy atom. The van der Waals surface area contributed by atoms with E-state index in [0.29, 0.717) is 0 Å². The Labute approximate surface area is 129 Å². The predicted octanol–water partition coefficient (Wildman–Crippen LogP) is 1.44. The van der Waals surface area contributed by atoms with Crippen molar-refractivity contribution in [3.8, 4) is 0 Å². The molecule has 0 saturated carbocycles. The molecule has 0 heterocycles. The van der Waals surface area contributed by atoms with Gasteiger partial charge in [0.1, 0.15) is 11.6 Å². The Morgan fingerprint density at radius 1 is 1.32 bits per heavy atom. The summed E-state index contributed by atoms with van der Waals surface area (Å²) < 4.78 is 31.1. The van der Waals surface area contributed by atoms with Crippen LogP contribution >= 0.6 is 11.8 Å². The minimum Gasteiger partial charge on any atom is -0.452 e. The van der Waals surface area contributed by atoms with E-state index in [2.05, 4.69) is 5.32 Å². The van der Waals surface area contributed by atoms with Gasteiger partial charge in [-0.05, 0) is 25.1 Å². The zero-order valence-electron chi connectivity index (χ0n) is 11.8. The number of rotatable bonds is 5. The smallest absolute Gasteiger partial charge is 0.321 e. The van der Waals surface area contributed by atoms with Gasteiger partial charge in [0.25, 0.3) is 5.91 Å². The lowest BCUT2D eigenvalue weighted by Gasteiger charge is -2.12. The molecule has 0 fully saturated rings. The Kier molecular flexibility index (Phi) is 6.77. The van der Waals surface area contributed by atoms with E-state index in [-0.39, 0.29) is 10.6 Å². The number of amides is 3. The van der Waals surface area contributed by atoms with Gasteiger partial charge in [-0.3, -0.25) is 14.9 Å². The van der Waals surface area contributed by atoms with Crippen LogP contribution in [0.2, 0.25) is 0 Å². The molecule has 0 aliphatic rings. The Bertz CT molecular complexity index is 583. The van der Waals surface area contributed by atoms with Crippen LogP contribution in [0.5, 0.6) is 0 Å². The zero-order chi connectivity index (χ0) is 16.7. The van der Waals surface area contributed by atoms with Gasteiger partial charge in [0, 0.05) is 11.9 Å². The Hall–Kier alpha value is -2.16. The summed E-state index contributed by atoms with van der Waals surface area (Å²) in [4.78, 5) is 33.9. The van der Waals surface area contributed by atoms with E-state index >= 15 is 0 Å². The highest BCUT2D eigenvalue weighted by molar-refractivity contribution is 8.00. The molecular weight excluding hydrogens is 318 g/mol. The van der Waals surface area contributed by atoms with Crippen molar-refractivity contribution >= 4 is 29.7 Å². The van der Waals surface area contributed by atoms with Crippen LogP contribution in [-0.2, 0) is 14.3 Å². The molecule has 22 heavy (non-hydrogen) atoms. The molecule has 0 saturated heterocycles. The molecule has 3 amide bonds. The molecule has 1 atom stereocenters. The van der Waals surface area contributed by atoms with Crippen molar-refractivity contribution < 1.29 is 27.9 Å². The first-order valence-electron chi connectivity index (χ1n) is 6.13. The second-order valence-corrected chi connectivity index (χ2v) is 5.08. The second kappa shape index (κ2) is 8.32. The van der Waals surface area contributed by atoms with Crippen LogP contribution in [0.1, 0.15) is 6.92 Å². The van der Waals surface area contributed by atoms with E-state index in [1.165, 1.54) is 14.0 Å². The molecule has 9 heteroatoms. The monoisotopic (exact) mass is 332 g/mol. The van der Waals surface area contributed by atoms with Crippen LogP contribution in [0.25, 0.3) is 0 Å². The number of hydrogen-bond donors (Lipinski definition) is 2. The van der Waals surface area contributed by atoms with Gasteiger partial charge in [-0.15, -0.1) is 11.8 Å². The van der Waals surface area contributed by atoms with E-state index in [4.69, 9.17) is 4.74 Å². The molecule has 0 radical (unpaired) electrons. The first kappa shape index (κ1) is 17.9. The molecule has 0 unspecified atom stereocenters. The summed E-state index contributed by atoms with van der Waals surface area (Å²) in [6, 6.07) is 2.13. The van der Waals surface area contributed by atoms with Crippen molar-refractivity contribution in [3.63, 3.8) is 0 Å². The molecule has 0 spiro atoms. The van der Waals surface area contributed by atoms with Gasteiger partial charge in [0.05, 0.1) is 5.75 Å².